The van der Waals surface area contributed by atoms with Crippen molar-refractivity contribution in [1.29, 1.82) is 0 Å². The van der Waals surface area contributed by atoms with Crippen molar-refractivity contribution >= 4 is 27.0 Å². The minimum absolute atomic E-state index is 0.0270. The van der Waals surface area contributed by atoms with Crippen molar-refractivity contribution in [2.75, 3.05) is 21.1 Å². The van der Waals surface area contributed by atoms with Gasteiger partial charge in [0.15, 0.2) is 0 Å². The van der Waals surface area contributed by atoms with Crippen LogP contribution >= 0.6 is 0 Å². The number of hydrogen-bond acceptors (Lipinski definition) is 4. The zero-order valence-electron chi connectivity index (χ0n) is 17.8. The summed E-state index contributed by atoms with van der Waals surface area (Å²) in [5.41, 5.74) is 1.51. The third kappa shape index (κ3) is 4.75. The minimum Gasteiger partial charge on any atom is -0.341 e. The highest BCUT2D eigenvalue weighted by atomic mass is 32.2. The second kappa shape index (κ2) is 8.72. The average Bonchev–Trinajstić information content (AvgIpc) is 3.03. The molecule has 0 saturated heterocycles. The maximum absolute atomic E-state index is 13.8. The lowest BCUT2D eigenvalue weighted by Gasteiger charge is -2.17. The second-order valence-electron chi connectivity index (χ2n) is 7.51. The second-order valence-corrected chi connectivity index (χ2v) is 9.66. The topological polar surface area (TPSA) is 75.5 Å². The molecule has 0 radical (unpaired) electrons. The van der Waals surface area contributed by atoms with Crippen molar-refractivity contribution in [2.45, 2.75) is 24.3 Å². The molecular weight excluding hydrogens is 426 g/mol. The first-order valence-corrected chi connectivity index (χ1v) is 11.0. The summed E-state index contributed by atoms with van der Waals surface area (Å²) in [5, 5.41) is 0. The minimum atomic E-state index is -3.58. The predicted molar refractivity (Wildman–Crippen MR) is 113 cm³/mol. The van der Waals surface area contributed by atoms with E-state index in [-0.39, 0.29) is 29.3 Å². The van der Waals surface area contributed by atoms with E-state index in [9.17, 15) is 22.0 Å². The van der Waals surface area contributed by atoms with Gasteiger partial charge in [-0.05, 0) is 24.3 Å². The van der Waals surface area contributed by atoms with Crippen LogP contribution in [0.3, 0.4) is 0 Å². The van der Waals surface area contributed by atoms with Crippen molar-refractivity contribution in [3.05, 3.63) is 59.4 Å². The number of rotatable bonds is 7. The standard InChI is InChI=1S/C21H24F2N4O3S/c1-25(2)31(29,30)16-7-8-19-18(12-16)24-20(27(19)4)9-10-21(28)26(3)13-14-5-6-15(22)11-17(14)23/h5-8,11-12H,9-10,13H2,1-4H3. The number of imidazole rings is 1. The molecule has 10 heteroatoms. The molecule has 0 atom stereocenters. The van der Waals surface area contributed by atoms with E-state index in [1.54, 1.807) is 20.2 Å². The van der Waals surface area contributed by atoms with Gasteiger partial charge in [-0.25, -0.2) is 26.5 Å². The molecule has 0 aliphatic rings. The van der Waals surface area contributed by atoms with E-state index in [1.807, 2.05) is 4.57 Å². The van der Waals surface area contributed by atoms with E-state index in [1.165, 1.54) is 37.2 Å². The molecule has 7 nitrogen and oxygen atoms in total. The molecule has 1 heterocycles. The zero-order valence-corrected chi connectivity index (χ0v) is 18.6. The highest BCUT2D eigenvalue weighted by Crippen LogP contribution is 2.22. The van der Waals surface area contributed by atoms with E-state index < -0.39 is 21.7 Å². The number of nitrogens with zero attached hydrogens (tertiary/aromatic N) is 4. The summed E-state index contributed by atoms with van der Waals surface area (Å²) in [4.78, 5) is 18.5. The van der Waals surface area contributed by atoms with E-state index in [2.05, 4.69) is 4.98 Å². The summed E-state index contributed by atoms with van der Waals surface area (Å²) in [6, 6.07) is 7.99. The van der Waals surface area contributed by atoms with E-state index in [0.717, 1.165) is 22.0 Å². The Labute approximate surface area is 180 Å². The summed E-state index contributed by atoms with van der Waals surface area (Å²) < 4.78 is 54.5. The third-order valence-electron chi connectivity index (χ3n) is 5.13. The van der Waals surface area contributed by atoms with Crippen molar-refractivity contribution in [1.82, 2.24) is 18.8 Å². The maximum atomic E-state index is 13.8. The number of aryl methyl sites for hydroxylation is 2. The largest absolute Gasteiger partial charge is 0.341 e. The van der Waals surface area contributed by atoms with Crippen molar-refractivity contribution in [3.63, 3.8) is 0 Å². The number of carbonyl (C=O) groups is 1. The smallest absolute Gasteiger partial charge is 0.242 e. The molecule has 3 aromatic rings. The van der Waals surface area contributed by atoms with Crippen LogP contribution in [0.2, 0.25) is 0 Å². The molecule has 0 spiro atoms. The first-order valence-electron chi connectivity index (χ1n) is 9.56. The molecular formula is C21H24F2N4O3S. The van der Waals surface area contributed by atoms with Crippen LogP contribution in [0, 0.1) is 11.6 Å². The van der Waals surface area contributed by atoms with Gasteiger partial charge in [0.25, 0.3) is 0 Å². The van der Waals surface area contributed by atoms with Gasteiger partial charge in [0.2, 0.25) is 15.9 Å². The lowest BCUT2D eigenvalue weighted by Crippen LogP contribution is -2.27. The Balaban J connectivity index is 1.72. The van der Waals surface area contributed by atoms with Crippen LogP contribution in [0.1, 0.15) is 17.8 Å². The summed E-state index contributed by atoms with van der Waals surface area (Å²) in [5.74, 6) is -0.951. The first-order chi connectivity index (χ1) is 14.5. The van der Waals surface area contributed by atoms with E-state index in [0.29, 0.717) is 17.8 Å². The highest BCUT2D eigenvalue weighted by molar-refractivity contribution is 7.89. The number of aromatic nitrogens is 2. The molecule has 0 aliphatic heterocycles. The lowest BCUT2D eigenvalue weighted by atomic mass is 10.2. The molecule has 3 rings (SSSR count). The highest BCUT2D eigenvalue weighted by Gasteiger charge is 2.20. The SMILES string of the molecule is CN(Cc1ccc(F)cc1F)C(=O)CCc1nc2cc(S(=O)(=O)N(C)C)ccc2n1C. The van der Waals surface area contributed by atoms with Crippen LogP contribution in [0.5, 0.6) is 0 Å². The van der Waals surface area contributed by atoms with Crippen LogP contribution in [0.15, 0.2) is 41.3 Å². The number of halogens is 2. The fraction of sp³-hybridized carbons (Fsp3) is 0.333. The molecule has 0 saturated carbocycles. The summed E-state index contributed by atoms with van der Waals surface area (Å²) in [6.07, 6.45) is 0.468. The Bertz CT molecular complexity index is 1240. The van der Waals surface area contributed by atoms with Crippen molar-refractivity contribution in [3.8, 4) is 0 Å². The average molecular weight is 451 g/mol. The van der Waals surface area contributed by atoms with Crippen LogP contribution in [0.25, 0.3) is 11.0 Å². The molecule has 0 N–H and O–H groups in total. The van der Waals surface area contributed by atoms with Gasteiger partial charge < -0.3 is 9.47 Å². The van der Waals surface area contributed by atoms with Gasteiger partial charge in [-0.2, -0.15) is 0 Å². The van der Waals surface area contributed by atoms with Gasteiger partial charge >= 0.3 is 0 Å². The molecule has 0 aliphatic carbocycles. The van der Waals surface area contributed by atoms with Gasteiger partial charge in [0.05, 0.1) is 15.9 Å². The van der Waals surface area contributed by atoms with Gasteiger partial charge in [-0.15, -0.1) is 0 Å². The predicted octanol–water partition coefficient (Wildman–Crippen LogP) is 2.69. The van der Waals surface area contributed by atoms with Gasteiger partial charge in [0.1, 0.15) is 17.5 Å². The molecule has 0 bridgehead atoms. The molecule has 166 valence electrons. The maximum Gasteiger partial charge on any atom is 0.242 e. The van der Waals surface area contributed by atoms with Crippen molar-refractivity contribution in [2.24, 2.45) is 7.05 Å². The molecule has 31 heavy (non-hydrogen) atoms. The Morgan fingerprint density at radius 1 is 1.10 bits per heavy atom. The number of sulfonamides is 1. The van der Waals surface area contributed by atoms with E-state index in [4.69, 9.17) is 0 Å². The summed E-state index contributed by atoms with van der Waals surface area (Å²) in [6.45, 7) is 0.0270. The van der Waals surface area contributed by atoms with Gasteiger partial charge in [-0.1, -0.05) is 6.07 Å². The lowest BCUT2D eigenvalue weighted by molar-refractivity contribution is -0.130. The molecule has 1 amide bonds. The quantitative estimate of drug-likeness (QED) is 0.555. The number of hydrogen-bond donors (Lipinski definition) is 0. The van der Waals surface area contributed by atoms with Crippen LogP contribution in [-0.4, -0.2) is 54.2 Å². The fourth-order valence-electron chi connectivity index (χ4n) is 3.23. The van der Waals surface area contributed by atoms with Gasteiger partial charge in [-0.3, -0.25) is 4.79 Å². The number of benzene rings is 2. The Morgan fingerprint density at radius 2 is 1.81 bits per heavy atom. The first kappa shape index (κ1) is 22.8. The normalized spacial score (nSPS) is 12.0. The number of carbonyl (C=O) groups excluding carboxylic acids is 1. The summed E-state index contributed by atoms with van der Waals surface area (Å²) in [7, 11) is 2.70. The Kier molecular flexibility index (Phi) is 6.42. The molecule has 0 fully saturated rings. The van der Waals surface area contributed by atoms with Crippen LogP contribution in [-0.2, 0) is 34.8 Å². The van der Waals surface area contributed by atoms with Gasteiger partial charge in [0, 0.05) is 59.2 Å². The fourth-order valence-corrected chi connectivity index (χ4v) is 4.15. The number of fused-ring (bicyclic) bond motifs is 1. The van der Waals surface area contributed by atoms with Crippen LogP contribution in [0.4, 0.5) is 8.78 Å². The molecule has 1 aromatic heterocycles. The Hall–Kier alpha value is -2.85. The number of amides is 1. The van der Waals surface area contributed by atoms with E-state index >= 15 is 0 Å². The monoisotopic (exact) mass is 450 g/mol. The third-order valence-corrected chi connectivity index (χ3v) is 6.95. The van der Waals surface area contributed by atoms with Crippen LogP contribution < -0.4 is 0 Å². The molecule has 2 aromatic carbocycles. The summed E-state index contributed by atoms with van der Waals surface area (Å²) >= 11 is 0. The Morgan fingerprint density at radius 3 is 2.45 bits per heavy atom. The molecule has 0 unspecified atom stereocenters. The zero-order chi connectivity index (χ0) is 22.9. The van der Waals surface area contributed by atoms with Crippen molar-refractivity contribution < 1.29 is 22.0 Å².